The quantitative estimate of drug-likeness (QED) is 0.694. The summed E-state index contributed by atoms with van der Waals surface area (Å²) in [6.07, 6.45) is 2.77. The molecule has 13 heavy (non-hydrogen) atoms. The van der Waals surface area contributed by atoms with Gasteiger partial charge in [0, 0.05) is 12.3 Å². The molecule has 0 saturated heterocycles. The van der Waals surface area contributed by atoms with E-state index in [0.29, 0.717) is 11.3 Å². The highest BCUT2D eigenvalue weighted by Gasteiger charge is 2.26. The zero-order valence-electron chi connectivity index (χ0n) is 6.96. The monoisotopic (exact) mass is 177 g/mol. The number of carbonyl (C=O) groups excluding carboxylic acids is 2. The Balaban J connectivity index is 2.58. The van der Waals surface area contributed by atoms with Gasteiger partial charge in [0.25, 0.3) is 0 Å². The first-order valence-corrected chi connectivity index (χ1v) is 3.76. The summed E-state index contributed by atoms with van der Waals surface area (Å²) >= 11 is 0. The molecule has 4 nitrogen and oxygen atoms in total. The van der Waals surface area contributed by atoms with Gasteiger partial charge in [-0.2, -0.15) is 0 Å². The van der Waals surface area contributed by atoms with Crippen molar-refractivity contribution in [1.29, 1.82) is 0 Å². The summed E-state index contributed by atoms with van der Waals surface area (Å²) in [5, 5.41) is 0. The van der Waals surface area contributed by atoms with Crippen molar-refractivity contribution >= 4 is 11.6 Å². The third kappa shape index (κ3) is 0.989. The minimum Gasteiger partial charge on any atom is -0.492 e. The highest BCUT2D eigenvalue weighted by molar-refractivity contribution is 6.22. The number of ether oxygens (including phenoxy) is 1. The summed E-state index contributed by atoms with van der Waals surface area (Å²) in [4.78, 5) is 25.5. The zero-order valence-corrected chi connectivity index (χ0v) is 6.96. The van der Waals surface area contributed by atoms with Gasteiger partial charge < -0.3 is 9.72 Å². The number of aromatic nitrogens is 1. The molecule has 0 aliphatic heterocycles. The van der Waals surface area contributed by atoms with E-state index in [0.717, 1.165) is 0 Å². The largest absolute Gasteiger partial charge is 0.492 e. The van der Waals surface area contributed by atoms with Gasteiger partial charge in [0.1, 0.15) is 5.69 Å². The lowest BCUT2D eigenvalue weighted by molar-refractivity contribution is 0.0913. The lowest BCUT2D eigenvalue weighted by Crippen LogP contribution is -2.16. The summed E-state index contributed by atoms with van der Waals surface area (Å²) < 4.78 is 4.77. The Hall–Kier alpha value is -1.84. The van der Waals surface area contributed by atoms with Gasteiger partial charge in [-0.15, -0.1) is 0 Å². The van der Waals surface area contributed by atoms with E-state index in [1.165, 1.54) is 13.2 Å². The molecular formula is C9H7NO3. The number of fused-ring (bicyclic) bond motifs is 1. The SMILES string of the molecule is COC1=CC(=O)c2cc[nH]c2C1=O. The molecule has 0 radical (unpaired) electrons. The lowest BCUT2D eigenvalue weighted by Gasteiger charge is -2.09. The molecule has 66 valence electrons. The molecule has 4 heteroatoms. The first kappa shape index (κ1) is 7.79. The second-order valence-electron chi connectivity index (χ2n) is 2.67. The number of H-pyrrole nitrogens is 1. The van der Waals surface area contributed by atoms with Gasteiger partial charge in [-0.05, 0) is 6.07 Å². The van der Waals surface area contributed by atoms with Crippen LogP contribution in [-0.4, -0.2) is 23.7 Å². The molecule has 1 aliphatic rings. The van der Waals surface area contributed by atoms with Crippen molar-refractivity contribution in [3.05, 3.63) is 35.4 Å². The normalized spacial score (nSPS) is 15.3. The summed E-state index contributed by atoms with van der Waals surface area (Å²) in [6.45, 7) is 0. The maximum absolute atomic E-state index is 11.5. The van der Waals surface area contributed by atoms with Crippen LogP contribution in [0.25, 0.3) is 0 Å². The number of rotatable bonds is 1. The van der Waals surface area contributed by atoms with E-state index in [2.05, 4.69) is 4.98 Å². The number of methoxy groups -OCH3 is 1. The molecule has 0 aromatic carbocycles. The van der Waals surface area contributed by atoms with Crippen molar-refractivity contribution in [2.45, 2.75) is 0 Å². The average Bonchev–Trinajstić information content (AvgIpc) is 2.60. The van der Waals surface area contributed by atoms with Crippen LogP contribution in [0.15, 0.2) is 24.1 Å². The van der Waals surface area contributed by atoms with Crippen molar-refractivity contribution in [3.63, 3.8) is 0 Å². The van der Waals surface area contributed by atoms with Crippen LogP contribution in [0.5, 0.6) is 0 Å². The molecule has 0 unspecified atom stereocenters. The second-order valence-corrected chi connectivity index (χ2v) is 2.67. The molecule has 1 aromatic heterocycles. The predicted molar refractivity (Wildman–Crippen MR) is 44.5 cm³/mol. The number of hydrogen-bond donors (Lipinski definition) is 1. The molecule has 0 fully saturated rings. The fourth-order valence-corrected chi connectivity index (χ4v) is 1.30. The van der Waals surface area contributed by atoms with Crippen LogP contribution in [0.3, 0.4) is 0 Å². The minimum atomic E-state index is -0.276. The Bertz CT molecular complexity index is 414. The number of ketones is 2. The van der Waals surface area contributed by atoms with Gasteiger partial charge in [-0.3, -0.25) is 9.59 Å². The van der Waals surface area contributed by atoms with E-state index in [4.69, 9.17) is 4.74 Å². The number of nitrogens with one attached hydrogen (secondary N) is 1. The molecule has 2 rings (SSSR count). The molecule has 1 aromatic rings. The molecule has 0 amide bonds. The highest BCUT2D eigenvalue weighted by Crippen LogP contribution is 2.19. The van der Waals surface area contributed by atoms with Crippen LogP contribution in [0.2, 0.25) is 0 Å². The van der Waals surface area contributed by atoms with Gasteiger partial charge in [0.05, 0.1) is 12.7 Å². The van der Waals surface area contributed by atoms with Gasteiger partial charge in [0.2, 0.25) is 5.78 Å². The van der Waals surface area contributed by atoms with Crippen LogP contribution in [0, 0.1) is 0 Å². The molecule has 1 aliphatic carbocycles. The van der Waals surface area contributed by atoms with E-state index >= 15 is 0 Å². The molecular weight excluding hydrogens is 170 g/mol. The second kappa shape index (κ2) is 2.58. The Labute approximate surface area is 74.2 Å². The maximum atomic E-state index is 11.5. The molecule has 0 bridgehead atoms. The summed E-state index contributed by atoms with van der Waals surface area (Å²) in [6, 6.07) is 1.58. The molecule has 1 heterocycles. The fraction of sp³-hybridized carbons (Fsp3) is 0.111. The highest BCUT2D eigenvalue weighted by atomic mass is 16.5. The topological polar surface area (TPSA) is 59.2 Å². The Morgan fingerprint density at radius 3 is 2.85 bits per heavy atom. The summed E-state index contributed by atoms with van der Waals surface area (Å²) in [5.74, 6) is -0.394. The van der Waals surface area contributed by atoms with E-state index in [1.54, 1.807) is 12.3 Å². The van der Waals surface area contributed by atoms with E-state index < -0.39 is 0 Å². The fourth-order valence-electron chi connectivity index (χ4n) is 1.30. The predicted octanol–water partition coefficient (Wildman–Crippen LogP) is 0.924. The zero-order chi connectivity index (χ0) is 9.42. The minimum absolute atomic E-state index is 0.0833. The Morgan fingerprint density at radius 2 is 2.15 bits per heavy atom. The summed E-state index contributed by atoms with van der Waals surface area (Å²) in [5.41, 5.74) is 0.718. The van der Waals surface area contributed by atoms with Crippen LogP contribution < -0.4 is 0 Å². The average molecular weight is 177 g/mol. The molecule has 0 spiro atoms. The van der Waals surface area contributed by atoms with E-state index in [1.807, 2.05) is 0 Å². The van der Waals surface area contributed by atoms with Gasteiger partial charge >= 0.3 is 0 Å². The number of hydrogen-bond acceptors (Lipinski definition) is 3. The van der Waals surface area contributed by atoms with Crippen molar-refractivity contribution in [2.75, 3.05) is 7.11 Å². The third-order valence-electron chi connectivity index (χ3n) is 1.95. The first-order valence-electron chi connectivity index (χ1n) is 3.76. The number of Topliss-reactive ketones (excluding diaryl/α,β-unsaturated/α-hetero) is 1. The lowest BCUT2D eigenvalue weighted by atomic mass is 10.0. The molecule has 1 N–H and O–H groups in total. The van der Waals surface area contributed by atoms with Crippen LogP contribution in [0.1, 0.15) is 20.8 Å². The number of carbonyl (C=O) groups is 2. The third-order valence-corrected chi connectivity index (χ3v) is 1.95. The van der Waals surface area contributed by atoms with Crippen molar-refractivity contribution < 1.29 is 14.3 Å². The van der Waals surface area contributed by atoms with Crippen LogP contribution >= 0.6 is 0 Å². The maximum Gasteiger partial charge on any atom is 0.244 e. The van der Waals surface area contributed by atoms with E-state index in [9.17, 15) is 9.59 Å². The van der Waals surface area contributed by atoms with Crippen LogP contribution in [-0.2, 0) is 4.74 Å². The van der Waals surface area contributed by atoms with E-state index in [-0.39, 0.29) is 17.3 Å². The number of allylic oxidation sites excluding steroid dienone is 2. The molecule has 0 saturated carbocycles. The standard InChI is InChI=1S/C9H7NO3/c1-13-7-4-6(11)5-2-3-10-8(5)9(7)12/h2-4,10H,1H3. The van der Waals surface area contributed by atoms with Crippen molar-refractivity contribution in [3.8, 4) is 0 Å². The van der Waals surface area contributed by atoms with Crippen molar-refractivity contribution in [2.24, 2.45) is 0 Å². The van der Waals surface area contributed by atoms with Crippen molar-refractivity contribution in [1.82, 2.24) is 4.98 Å². The first-order chi connectivity index (χ1) is 6.24. The van der Waals surface area contributed by atoms with Gasteiger partial charge in [0.15, 0.2) is 11.5 Å². The number of aromatic amines is 1. The Kier molecular flexibility index (Phi) is 1.55. The summed E-state index contributed by atoms with van der Waals surface area (Å²) in [7, 11) is 1.37. The van der Waals surface area contributed by atoms with Gasteiger partial charge in [-0.25, -0.2) is 0 Å². The Morgan fingerprint density at radius 1 is 1.38 bits per heavy atom. The van der Waals surface area contributed by atoms with Crippen LogP contribution in [0.4, 0.5) is 0 Å². The smallest absolute Gasteiger partial charge is 0.244 e. The van der Waals surface area contributed by atoms with Gasteiger partial charge in [-0.1, -0.05) is 0 Å². The molecule has 0 atom stereocenters.